The van der Waals surface area contributed by atoms with E-state index in [0.717, 1.165) is 69.9 Å². The number of hydrogen-bond donors (Lipinski definition) is 2. The van der Waals surface area contributed by atoms with Crippen LogP contribution in [0, 0.1) is 11.8 Å². The van der Waals surface area contributed by atoms with E-state index in [2.05, 4.69) is 12.1 Å². The summed E-state index contributed by atoms with van der Waals surface area (Å²) in [6.07, 6.45) is 3.97. The van der Waals surface area contributed by atoms with Crippen LogP contribution >= 0.6 is 0 Å². The minimum atomic E-state index is -0.0291. The normalized spacial score (nSPS) is 31.9. The predicted molar refractivity (Wildman–Crippen MR) is 99.8 cm³/mol. The molecule has 0 spiro atoms. The van der Waals surface area contributed by atoms with Crippen molar-refractivity contribution in [1.29, 1.82) is 0 Å². The summed E-state index contributed by atoms with van der Waals surface area (Å²) in [5, 5.41) is 0. The standard InChI is InChI=1S/C21H27N3O4/c25-20-16-3-1-2-4-17(16)21(26)24(20)13-23-9-7-22(8-10-23)12-15-5-6-18-19(11-15)28-14-27-18/h5-6,11,16-17H,1-4,7-10,12-14H2/p+2/t16-,17-/m0/s1. The third-order valence-corrected chi connectivity index (χ3v) is 6.87. The van der Waals surface area contributed by atoms with E-state index in [1.165, 1.54) is 15.4 Å². The van der Waals surface area contributed by atoms with Crippen molar-refractivity contribution < 1.29 is 28.9 Å². The van der Waals surface area contributed by atoms with Gasteiger partial charge in [-0.05, 0) is 31.0 Å². The lowest BCUT2D eigenvalue weighted by Gasteiger charge is -2.31. The first-order valence-corrected chi connectivity index (χ1v) is 10.6. The van der Waals surface area contributed by atoms with Gasteiger partial charge in [0.05, 0.1) is 11.8 Å². The lowest BCUT2D eigenvalue weighted by atomic mass is 9.81. The van der Waals surface area contributed by atoms with E-state index in [1.54, 1.807) is 4.90 Å². The largest absolute Gasteiger partial charge is 0.454 e. The first kappa shape index (κ1) is 17.9. The molecule has 7 nitrogen and oxygen atoms in total. The molecule has 2 N–H and O–H groups in total. The molecule has 5 rings (SSSR count). The number of carbonyl (C=O) groups is 2. The molecule has 28 heavy (non-hydrogen) atoms. The average Bonchev–Trinajstić information content (AvgIpc) is 3.28. The fourth-order valence-electron chi connectivity index (χ4n) is 5.24. The molecule has 1 saturated carbocycles. The maximum absolute atomic E-state index is 12.7. The molecule has 4 aliphatic rings. The molecule has 0 unspecified atom stereocenters. The number of quaternary nitrogens is 2. The second-order valence-electron chi connectivity index (χ2n) is 8.62. The van der Waals surface area contributed by atoms with Gasteiger partial charge in [-0.15, -0.1) is 0 Å². The van der Waals surface area contributed by atoms with Gasteiger partial charge in [0.1, 0.15) is 32.7 Å². The van der Waals surface area contributed by atoms with Gasteiger partial charge in [-0.2, -0.15) is 0 Å². The smallest absolute Gasteiger partial charge is 0.237 e. The van der Waals surface area contributed by atoms with Crippen molar-refractivity contribution in [2.75, 3.05) is 39.6 Å². The van der Waals surface area contributed by atoms with E-state index < -0.39 is 0 Å². The van der Waals surface area contributed by atoms with E-state index in [9.17, 15) is 9.59 Å². The highest BCUT2D eigenvalue weighted by atomic mass is 16.7. The summed E-state index contributed by atoms with van der Waals surface area (Å²) >= 11 is 0. The zero-order valence-corrected chi connectivity index (χ0v) is 16.2. The number of piperazine rings is 1. The number of carbonyl (C=O) groups excluding carboxylic acids is 2. The Balaban J connectivity index is 1.14. The van der Waals surface area contributed by atoms with E-state index in [-0.39, 0.29) is 23.7 Å². The highest BCUT2D eigenvalue weighted by molar-refractivity contribution is 6.05. The predicted octanol–water partition coefficient (Wildman–Crippen LogP) is -1.17. The van der Waals surface area contributed by atoms with Crippen LogP contribution in [0.1, 0.15) is 31.2 Å². The van der Waals surface area contributed by atoms with Crippen molar-refractivity contribution >= 4 is 11.8 Å². The minimum Gasteiger partial charge on any atom is -0.454 e. The summed E-state index contributed by atoms with van der Waals surface area (Å²) < 4.78 is 10.9. The number of fused-ring (bicyclic) bond motifs is 2. The Kier molecular flexibility index (Phi) is 4.72. The second kappa shape index (κ2) is 7.37. The Morgan fingerprint density at radius 3 is 2.25 bits per heavy atom. The molecule has 1 aromatic carbocycles. The summed E-state index contributed by atoms with van der Waals surface area (Å²) in [7, 11) is 0. The van der Waals surface area contributed by atoms with Crippen molar-refractivity contribution in [2.24, 2.45) is 11.8 Å². The second-order valence-corrected chi connectivity index (χ2v) is 8.62. The van der Waals surface area contributed by atoms with Crippen LogP contribution in [-0.2, 0) is 16.1 Å². The number of nitrogens with one attached hydrogen (secondary N) is 2. The van der Waals surface area contributed by atoms with Gasteiger partial charge in [-0.25, -0.2) is 4.90 Å². The molecule has 2 saturated heterocycles. The molecule has 0 aromatic heterocycles. The highest BCUT2D eigenvalue weighted by Crippen LogP contribution is 2.37. The SMILES string of the molecule is O=C1[C@H]2CCCC[C@@H]2C(=O)N1C[NH+]1CC[NH+](Cc2ccc3c(c2)OCO3)CC1. The summed E-state index contributed by atoms with van der Waals surface area (Å²) in [5.74, 6) is 1.80. The van der Waals surface area contributed by atoms with Crippen LogP contribution < -0.4 is 19.3 Å². The molecule has 0 radical (unpaired) electrons. The first-order chi connectivity index (χ1) is 13.7. The number of imide groups is 1. The third-order valence-electron chi connectivity index (χ3n) is 6.87. The van der Waals surface area contributed by atoms with Crippen LogP contribution in [0.5, 0.6) is 11.5 Å². The van der Waals surface area contributed by atoms with Crippen LogP contribution in [0.2, 0.25) is 0 Å². The van der Waals surface area contributed by atoms with E-state index in [0.29, 0.717) is 13.5 Å². The first-order valence-electron chi connectivity index (χ1n) is 10.6. The number of ether oxygens (including phenoxy) is 2. The molecule has 3 fully saturated rings. The van der Waals surface area contributed by atoms with Gasteiger partial charge in [0.25, 0.3) is 0 Å². The van der Waals surface area contributed by atoms with E-state index in [4.69, 9.17) is 9.47 Å². The highest BCUT2D eigenvalue weighted by Gasteiger charge is 2.49. The summed E-state index contributed by atoms with van der Waals surface area (Å²) in [6.45, 7) is 5.92. The Morgan fingerprint density at radius 1 is 0.893 bits per heavy atom. The van der Waals surface area contributed by atoms with Crippen molar-refractivity contribution in [3.05, 3.63) is 23.8 Å². The number of benzene rings is 1. The average molecular weight is 387 g/mol. The molecule has 2 amide bonds. The molecule has 150 valence electrons. The van der Waals surface area contributed by atoms with Crippen molar-refractivity contribution in [3.8, 4) is 11.5 Å². The molecular formula is C21H29N3O4+2. The lowest BCUT2D eigenvalue weighted by molar-refractivity contribution is -1.02. The number of rotatable bonds is 4. The number of amides is 2. The topological polar surface area (TPSA) is 64.7 Å². The Labute approximate surface area is 165 Å². The van der Waals surface area contributed by atoms with Gasteiger partial charge in [0.15, 0.2) is 18.2 Å². The fraction of sp³-hybridized carbons (Fsp3) is 0.619. The summed E-state index contributed by atoms with van der Waals surface area (Å²) in [5.41, 5.74) is 1.26. The Bertz CT molecular complexity index is 751. The van der Waals surface area contributed by atoms with Gasteiger partial charge in [-0.3, -0.25) is 9.59 Å². The van der Waals surface area contributed by atoms with Gasteiger partial charge in [-0.1, -0.05) is 12.8 Å². The van der Waals surface area contributed by atoms with Crippen molar-refractivity contribution in [3.63, 3.8) is 0 Å². The van der Waals surface area contributed by atoms with Crippen molar-refractivity contribution in [1.82, 2.24) is 4.90 Å². The molecule has 1 aromatic rings. The molecule has 3 aliphatic heterocycles. The lowest BCUT2D eigenvalue weighted by Crippen LogP contribution is -3.28. The molecule has 0 bridgehead atoms. The van der Waals surface area contributed by atoms with E-state index in [1.807, 2.05) is 6.07 Å². The van der Waals surface area contributed by atoms with Crippen LogP contribution in [0.25, 0.3) is 0 Å². The monoisotopic (exact) mass is 387 g/mol. The van der Waals surface area contributed by atoms with Crippen LogP contribution in [0.15, 0.2) is 18.2 Å². The Morgan fingerprint density at radius 2 is 1.54 bits per heavy atom. The van der Waals surface area contributed by atoms with Gasteiger partial charge < -0.3 is 19.3 Å². The maximum Gasteiger partial charge on any atom is 0.237 e. The fourth-order valence-corrected chi connectivity index (χ4v) is 5.24. The molecule has 2 atom stereocenters. The van der Waals surface area contributed by atoms with Crippen LogP contribution in [0.4, 0.5) is 0 Å². The molecule has 1 aliphatic carbocycles. The summed E-state index contributed by atoms with van der Waals surface area (Å²) in [4.78, 5) is 29.8. The van der Waals surface area contributed by atoms with Gasteiger partial charge >= 0.3 is 0 Å². The van der Waals surface area contributed by atoms with Crippen molar-refractivity contribution in [2.45, 2.75) is 32.2 Å². The third kappa shape index (κ3) is 3.26. The minimum absolute atomic E-state index is 0.0291. The van der Waals surface area contributed by atoms with Crippen LogP contribution in [-0.4, -0.2) is 56.4 Å². The number of hydrogen-bond acceptors (Lipinski definition) is 4. The van der Waals surface area contributed by atoms with Gasteiger partial charge in [0, 0.05) is 5.56 Å². The van der Waals surface area contributed by atoms with E-state index >= 15 is 0 Å². The zero-order valence-electron chi connectivity index (χ0n) is 16.2. The van der Waals surface area contributed by atoms with Crippen LogP contribution in [0.3, 0.4) is 0 Å². The zero-order chi connectivity index (χ0) is 19.1. The maximum atomic E-state index is 12.7. The molecule has 7 heteroatoms. The molecular weight excluding hydrogens is 358 g/mol. The number of nitrogens with zero attached hydrogens (tertiary/aromatic N) is 1. The molecule has 3 heterocycles. The van der Waals surface area contributed by atoms with Gasteiger partial charge in [0.2, 0.25) is 18.6 Å². The quantitative estimate of drug-likeness (QED) is 0.640. The summed E-state index contributed by atoms with van der Waals surface area (Å²) in [6, 6.07) is 6.18. The Hall–Kier alpha value is -2.12. The number of likely N-dealkylation sites (tertiary alicyclic amines) is 1.